The lowest BCUT2D eigenvalue weighted by Crippen LogP contribution is -2.04. The highest BCUT2D eigenvalue weighted by atomic mass is 32.2. The zero-order chi connectivity index (χ0) is 17.8. The molecular weight excluding hydrogens is 350 g/mol. The summed E-state index contributed by atoms with van der Waals surface area (Å²) in [4.78, 5) is 16.7. The summed E-state index contributed by atoms with van der Waals surface area (Å²) in [5, 5.41) is 4.97. The van der Waals surface area contributed by atoms with E-state index < -0.39 is 0 Å². The number of ether oxygens (including phenoxy) is 2. The van der Waals surface area contributed by atoms with Crippen molar-refractivity contribution in [2.45, 2.75) is 11.6 Å². The van der Waals surface area contributed by atoms with E-state index in [-0.39, 0.29) is 11.5 Å². The number of carbonyl (C=O) groups is 1. The van der Waals surface area contributed by atoms with Gasteiger partial charge >= 0.3 is 0 Å². The van der Waals surface area contributed by atoms with E-state index in [9.17, 15) is 4.79 Å². The maximum Gasteiger partial charge on any atom is 0.209 e. The van der Waals surface area contributed by atoms with Crippen LogP contribution in [0.4, 0.5) is 0 Å². The van der Waals surface area contributed by atoms with Crippen LogP contribution in [0.1, 0.15) is 16.8 Å². The first-order valence-electron chi connectivity index (χ1n) is 8.32. The van der Waals surface area contributed by atoms with Crippen molar-refractivity contribution in [3.63, 3.8) is 0 Å². The largest absolute Gasteiger partial charge is 0.490 e. The van der Waals surface area contributed by atoms with Crippen LogP contribution in [0.3, 0.4) is 0 Å². The zero-order valence-electron chi connectivity index (χ0n) is 14.0. The predicted octanol–water partition coefficient (Wildman–Crippen LogP) is 3.40. The molecule has 0 aliphatic carbocycles. The maximum absolute atomic E-state index is 12.5. The van der Waals surface area contributed by atoms with Crippen LogP contribution in [0.25, 0.3) is 5.69 Å². The van der Waals surface area contributed by atoms with Crippen LogP contribution in [0, 0.1) is 0 Å². The third-order valence-electron chi connectivity index (χ3n) is 3.89. The summed E-state index contributed by atoms with van der Waals surface area (Å²) in [5.41, 5.74) is 1.53. The lowest BCUT2D eigenvalue weighted by Gasteiger charge is -2.08. The predicted molar refractivity (Wildman–Crippen MR) is 98.5 cm³/mol. The Morgan fingerprint density at radius 3 is 2.73 bits per heavy atom. The summed E-state index contributed by atoms with van der Waals surface area (Å²) in [6.07, 6.45) is 2.49. The number of carbonyl (C=O) groups excluding carboxylic acids is 1. The minimum atomic E-state index is 0.00158. The fourth-order valence-corrected chi connectivity index (χ4v) is 3.26. The molecule has 3 aromatic rings. The van der Waals surface area contributed by atoms with Gasteiger partial charge in [-0.3, -0.25) is 4.79 Å². The molecule has 0 unspecified atom stereocenters. The third kappa shape index (κ3) is 3.72. The van der Waals surface area contributed by atoms with Crippen LogP contribution in [0.5, 0.6) is 11.5 Å². The number of ketones is 1. The molecule has 4 rings (SSSR count). The molecule has 0 fully saturated rings. The van der Waals surface area contributed by atoms with Crippen molar-refractivity contribution in [3.05, 3.63) is 60.4 Å². The zero-order valence-corrected chi connectivity index (χ0v) is 14.8. The number of hydrogen-bond donors (Lipinski definition) is 0. The van der Waals surface area contributed by atoms with Crippen molar-refractivity contribution >= 4 is 17.5 Å². The van der Waals surface area contributed by atoms with Gasteiger partial charge in [-0.1, -0.05) is 30.0 Å². The molecule has 0 atom stereocenters. The quantitative estimate of drug-likeness (QED) is 0.509. The number of para-hydroxylation sites is 1. The lowest BCUT2D eigenvalue weighted by molar-refractivity contribution is 0.102. The smallest absolute Gasteiger partial charge is 0.209 e. The van der Waals surface area contributed by atoms with Crippen molar-refractivity contribution in [3.8, 4) is 17.2 Å². The van der Waals surface area contributed by atoms with Crippen LogP contribution >= 0.6 is 11.8 Å². The molecule has 2 heterocycles. The molecule has 0 saturated heterocycles. The number of Topliss-reactive ketones (excluding diaryl/α,β-unsaturated/α-hetero) is 1. The fourth-order valence-electron chi connectivity index (χ4n) is 2.57. The Labute approximate surface area is 155 Å². The second-order valence-electron chi connectivity index (χ2n) is 5.73. The number of rotatable bonds is 5. The van der Waals surface area contributed by atoms with Gasteiger partial charge in [0.05, 0.1) is 24.7 Å². The Morgan fingerprint density at radius 2 is 1.88 bits per heavy atom. The van der Waals surface area contributed by atoms with Gasteiger partial charge in [0.25, 0.3) is 0 Å². The van der Waals surface area contributed by atoms with E-state index in [1.165, 1.54) is 11.8 Å². The first-order valence-corrected chi connectivity index (χ1v) is 9.31. The topological polar surface area (TPSA) is 66.2 Å². The number of nitrogens with zero attached hydrogens (tertiary/aromatic N) is 3. The van der Waals surface area contributed by atoms with E-state index in [1.54, 1.807) is 29.2 Å². The van der Waals surface area contributed by atoms with Crippen molar-refractivity contribution in [1.29, 1.82) is 0 Å². The van der Waals surface area contributed by atoms with Crippen molar-refractivity contribution < 1.29 is 14.3 Å². The summed E-state index contributed by atoms with van der Waals surface area (Å²) in [7, 11) is 0. The van der Waals surface area contributed by atoms with E-state index in [0.29, 0.717) is 35.4 Å². The molecule has 0 saturated carbocycles. The van der Waals surface area contributed by atoms with Gasteiger partial charge in [-0.15, -0.1) is 5.10 Å². The second-order valence-corrected chi connectivity index (χ2v) is 6.67. The standard InChI is InChI=1S/C19H17N3O3S/c23-16(14-7-8-17-18(11-14)25-10-4-9-24-17)12-26-19-20-13-22(21-19)15-5-2-1-3-6-15/h1-3,5-8,11,13H,4,9-10,12H2. The SMILES string of the molecule is O=C(CSc1ncn(-c2ccccc2)n1)c1ccc2c(c1)OCCCO2. The Kier molecular flexibility index (Phi) is 4.88. The lowest BCUT2D eigenvalue weighted by atomic mass is 10.1. The van der Waals surface area contributed by atoms with Gasteiger partial charge in [0.1, 0.15) is 6.33 Å². The number of thioether (sulfide) groups is 1. The van der Waals surface area contributed by atoms with Crippen LogP contribution < -0.4 is 9.47 Å². The summed E-state index contributed by atoms with van der Waals surface area (Å²) in [6.45, 7) is 1.23. The number of aromatic nitrogens is 3. The van der Waals surface area contributed by atoms with E-state index in [1.807, 2.05) is 30.3 Å². The highest BCUT2D eigenvalue weighted by molar-refractivity contribution is 7.99. The molecule has 6 nitrogen and oxygen atoms in total. The average molecular weight is 367 g/mol. The van der Waals surface area contributed by atoms with Gasteiger partial charge < -0.3 is 9.47 Å². The molecule has 0 N–H and O–H groups in total. The van der Waals surface area contributed by atoms with Crippen LogP contribution in [-0.2, 0) is 0 Å². The van der Waals surface area contributed by atoms with Crippen LogP contribution in [0.15, 0.2) is 60.0 Å². The monoisotopic (exact) mass is 367 g/mol. The third-order valence-corrected chi connectivity index (χ3v) is 4.75. The van der Waals surface area contributed by atoms with Crippen LogP contribution in [-0.4, -0.2) is 39.5 Å². The summed E-state index contributed by atoms with van der Waals surface area (Å²) < 4.78 is 12.9. The summed E-state index contributed by atoms with van der Waals surface area (Å²) in [6, 6.07) is 15.0. The first-order chi connectivity index (χ1) is 12.8. The molecule has 26 heavy (non-hydrogen) atoms. The number of fused-ring (bicyclic) bond motifs is 1. The molecule has 0 amide bonds. The highest BCUT2D eigenvalue weighted by Crippen LogP contribution is 2.31. The van der Waals surface area contributed by atoms with E-state index in [4.69, 9.17) is 9.47 Å². The molecule has 0 radical (unpaired) electrons. The maximum atomic E-state index is 12.5. The number of hydrogen-bond acceptors (Lipinski definition) is 6. The van der Waals surface area contributed by atoms with Crippen molar-refractivity contribution in [1.82, 2.24) is 14.8 Å². The minimum absolute atomic E-state index is 0.00158. The van der Waals surface area contributed by atoms with Gasteiger partial charge in [0.15, 0.2) is 17.3 Å². The van der Waals surface area contributed by atoms with Crippen molar-refractivity contribution in [2.75, 3.05) is 19.0 Å². The Morgan fingerprint density at radius 1 is 1.08 bits per heavy atom. The summed E-state index contributed by atoms with van der Waals surface area (Å²) in [5.74, 6) is 1.58. The minimum Gasteiger partial charge on any atom is -0.490 e. The average Bonchev–Trinajstić information content (AvgIpc) is 3.04. The Bertz CT molecular complexity index is 911. The molecule has 1 aliphatic rings. The Hall–Kier alpha value is -2.80. The summed E-state index contributed by atoms with van der Waals surface area (Å²) >= 11 is 1.32. The second kappa shape index (κ2) is 7.61. The fraction of sp³-hybridized carbons (Fsp3) is 0.211. The van der Waals surface area contributed by atoms with E-state index >= 15 is 0 Å². The Balaban J connectivity index is 1.41. The molecule has 0 spiro atoms. The molecule has 2 aromatic carbocycles. The normalized spacial score (nSPS) is 13.2. The van der Waals surface area contributed by atoms with Gasteiger partial charge in [-0.05, 0) is 30.3 Å². The van der Waals surface area contributed by atoms with E-state index in [0.717, 1.165) is 12.1 Å². The van der Waals surface area contributed by atoms with E-state index in [2.05, 4.69) is 10.1 Å². The molecule has 1 aromatic heterocycles. The first kappa shape index (κ1) is 16.7. The van der Waals surface area contributed by atoms with Gasteiger partial charge in [-0.25, -0.2) is 9.67 Å². The van der Waals surface area contributed by atoms with Gasteiger partial charge in [0, 0.05) is 12.0 Å². The van der Waals surface area contributed by atoms with Crippen LogP contribution in [0.2, 0.25) is 0 Å². The highest BCUT2D eigenvalue weighted by Gasteiger charge is 2.15. The van der Waals surface area contributed by atoms with Crippen molar-refractivity contribution in [2.24, 2.45) is 0 Å². The molecule has 132 valence electrons. The molecule has 0 bridgehead atoms. The van der Waals surface area contributed by atoms with Gasteiger partial charge in [-0.2, -0.15) is 0 Å². The van der Waals surface area contributed by atoms with Gasteiger partial charge in [0.2, 0.25) is 5.16 Å². The molecule has 1 aliphatic heterocycles. The number of benzene rings is 2. The molecular formula is C19H17N3O3S. The molecule has 7 heteroatoms.